The maximum atomic E-state index is 12.2. The lowest BCUT2D eigenvalue weighted by Gasteiger charge is -2.36. The molecule has 5 nitrogen and oxygen atoms in total. The van der Waals surface area contributed by atoms with Gasteiger partial charge >= 0.3 is 5.97 Å². The second kappa shape index (κ2) is 7.07. The summed E-state index contributed by atoms with van der Waals surface area (Å²) in [7, 11) is 1.41. The van der Waals surface area contributed by atoms with Crippen molar-refractivity contribution in [3.63, 3.8) is 0 Å². The number of hydrogen-bond donors (Lipinski definition) is 1. The van der Waals surface area contributed by atoms with Crippen molar-refractivity contribution < 1.29 is 14.3 Å². The highest BCUT2D eigenvalue weighted by Gasteiger charge is 2.31. The molecule has 0 aromatic heterocycles. The first-order chi connectivity index (χ1) is 9.29. The number of likely N-dealkylation sites (tertiary alicyclic amines) is 1. The standard InChI is InChI=1S/C15H28N2O3/c1-6-12(13(18)20-5)16-11-7-9-17(10-8-11)14(19)15(2,3)4/h11-12,16H,6-10H2,1-5H3. The third-order valence-corrected chi connectivity index (χ3v) is 3.75. The molecule has 0 bridgehead atoms. The van der Waals surface area contributed by atoms with Crippen LogP contribution < -0.4 is 5.32 Å². The number of methoxy groups -OCH3 is 1. The molecule has 1 aliphatic rings. The van der Waals surface area contributed by atoms with Crippen molar-refractivity contribution in [3.05, 3.63) is 0 Å². The molecule has 0 aliphatic carbocycles. The van der Waals surface area contributed by atoms with Crippen LogP contribution in [0.4, 0.5) is 0 Å². The summed E-state index contributed by atoms with van der Waals surface area (Å²) in [4.78, 5) is 25.7. The smallest absolute Gasteiger partial charge is 0.322 e. The highest BCUT2D eigenvalue weighted by atomic mass is 16.5. The SMILES string of the molecule is CCC(NC1CCN(C(=O)C(C)(C)C)CC1)C(=O)OC. The molecular weight excluding hydrogens is 256 g/mol. The van der Waals surface area contributed by atoms with E-state index < -0.39 is 0 Å². The maximum Gasteiger partial charge on any atom is 0.322 e. The van der Waals surface area contributed by atoms with Gasteiger partial charge in [0.1, 0.15) is 6.04 Å². The summed E-state index contributed by atoms with van der Waals surface area (Å²) in [5, 5.41) is 3.34. The highest BCUT2D eigenvalue weighted by molar-refractivity contribution is 5.81. The Morgan fingerprint density at radius 2 is 1.85 bits per heavy atom. The number of nitrogens with zero attached hydrogens (tertiary/aromatic N) is 1. The van der Waals surface area contributed by atoms with Gasteiger partial charge in [0.15, 0.2) is 0 Å². The molecule has 0 aromatic rings. The number of ether oxygens (including phenoxy) is 1. The zero-order valence-corrected chi connectivity index (χ0v) is 13.4. The lowest BCUT2D eigenvalue weighted by Crippen LogP contribution is -2.51. The van der Waals surface area contributed by atoms with Crippen molar-refractivity contribution in [2.45, 2.75) is 59.0 Å². The molecule has 1 amide bonds. The molecule has 116 valence electrons. The minimum atomic E-state index is -0.321. The maximum absolute atomic E-state index is 12.2. The van der Waals surface area contributed by atoms with Crippen LogP contribution in [-0.4, -0.2) is 49.1 Å². The third-order valence-electron chi connectivity index (χ3n) is 3.75. The molecule has 0 radical (unpaired) electrons. The summed E-state index contributed by atoms with van der Waals surface area (Å²) in [6.45, 7) is 9.32. The molecule has 1 atom stereocenters. The van der Waals surface area contributed by atoms with E-state index in [2.05, 4.69) is 5.32 Å². The lowest BCUT2D eigenvalue weighted by atomic mass is 9.93. The number of hydrogen-bond acceptors (Lipinski definition) is 4. The highest BCUT2D eigenvalue weighted by Crippen LogP contribution is 2.21. The van der Waals surface area contributed by atoms with Gasteiger partial charge < -0.3 is 15.0 Å². The third kappa shape index (κ3) is 4.47. The minimum Gasteiger partial charge on any atom is -0.468 e. The van der Waals surface area contributed by atoms with E-state index >= 15 is 0 Å². The number of carbonyl (C=O) groups is 2. The molecule has 1 saturated heterocycles. The molecule has 1 heterocycles. The first-order valence-corrected chi connectivity index (χ1v) is 7.42. The predicted molar refractivity (Wildman–Crippen MR) is 78.3 cm³/mol. The Hall–Kier alpha value is -1.10. The van der Waals surface area contributed by atoms with E-state index in [4.69, 9.17) is 4.74 Å². The van der Waals surface area contributed by atoms with Gasteiger partial charge in [0.2, 0.25) is 5.91 Å². The fourth-order valence-electron chi connectivity index (χ4n) is 2.50. The second-order valence-corrected chi connectivity index (χ2v) is 6.47. The van der Waals surface area contributed by atoms with Gasteiger partial charge in [-0.05, 0) is 19.3 Å². The second-order valence-electron chi connectivity index (χ2n) is 6.47. The number of piperidine rings is 1. The molecular formula is C15H28N2O3. The van der Waals surface area contributed by atoms with Crippen molar-refractivity contribution in [2.24, 2.45) is 5.41 Å². The van der Waals surface area contributed by atoms with E-state index in [1.165, 1.54) is 7.11 Å². The van der Waals surface area contributed by atoms with Gasteiger partial charge in [0, 0.05) is 24.5 Å². The van der Waals surface area contributed by atoms with Crippen LogP contribution >= 0.6 is 0 Å². The first-order valence-electron chi connectivity index (χ1n) is 7.42. The van der Waals surface area contributed by atoms with Gasteiger partial charge in [-0.1, -0.05) is 27.7 Å². The predicted octanol–water partition coefficient (Wildman–Crippen LogP) is 1.56. The van der Waals surface area contributed by atoms with Gasteiger partial charge in [-0.2, -0.15) is 0 Å². The number of nitrogens with one attached hydrogen (secondary N) is 1. The van der Waals surface area contributed by atoms with E-state index in [1.807, 2.05) is 32.6 Å². The Bertz CT molecular complexity index is 342. The Morgan fingerprint density at radius 1 is 1.30 bits per heavy atom. The summed E-state index contributed by atoms with van der Waals surface area (Å²) >= 11 is 0. The summed E-state index contributed by atoms with van der Waals surface area (Å²) in [5.74, 6) is -0.00310. The fraction of sp³-hybridized carbons (Fsp3) is 0.867. The monoisotopic (exact) mass is 284 g/mol. The van der Waals surface area contributed by atoms with Crippen LogP contribution in [0.5, 0.6) is 0 Å². The molecule has 1 unspecified atom stereocenters. The van der Waals surface area contributed by atoms with Gasteiger partial charge in [-0.3, -0.25) is 9.59 Å². The van der Waals surface area contributed by atoms with Crippen LogP contribution in [0.25, 0.3) is 0 Å². The lowest BCUT2D eigenvalue weighted by molar-refractivity contribution is -0.144. The van der Waals surface area contributed by atoms with Crippen LogP contribution in [0.3, 0.4) is 0 Å². The molecule has 0 aromatic carbocycles. The molecule has 1 N–H and O–H groups in total. The minimum absolute atomic E-state index is 0.205. The van der Waals surface area contributed by atoms with Gasteiger partial charge in [0.05, 0.1) is 7.11 Å². The van der Waals surface area contributed by atoms with Gasteiger partial charge in [-0.25, -0.2) is 0 Å². The van der Waals surface area contributed by atoms with Crippen LogP contribution in [0, 0.1) is 5.41 Å². The van der Waals surface area contributed by atoms with Crippen molar-refractivity contribution in [1.82, 2.24) is 10.2 Å². The summed E-state index contributed by atoms with van der Waals surface area (Å²) < 4.78 is 4.78. The zero-order valence-electron chi connectivity index (χ0n) is 13.4. The van der Waals surface area contributed by atoms with Gasteiger partial charge in [-0.15, -0.1) is 0 Å². The Morgan fingerprint density at radius 3 is 2.25 bits per heavy atom. The fourth-order valence-corrected chi connectivity index (χ4v) is 2.50. The quantitative estimate of drug-likeness (QED) is 0.796. The number of rotatable bonds is 4. The molecule has 1 aliphatic heterocycles. The average Bonchev–Trinajstić information content (AvgIpc) is 2.42. The average molecular weight is 284 g/mol. The number of esters is 1. The number of amides is 1. The molecule has 1 rings (SSSR count). The summed E-state index contributed by atoms with van der Waals surface area (Å²) in [5.41, 5.74) is -0.321. The van der Waals surface area contributed by atoms with Crippen molar-refractivity contribution >= 4 is 11.9 Å². The summed E-state index contributed by atoms with van der Waals surface area (Å²) in [6, 6.07) is 0.0398. The molecule has 20 heavy (non-hydrogen) atoms. The van der Waals surface area contributed by atoms with E-state index in [1.54, 1.807) is 0 Å². The number of carbonyl (C=O) groups excluding carboxylic acids is 2. The van der Waals surface area contributed by atoms with E-state index in [0.717, 1.165) is 25.9 Å². The summed E-state index contributed by atoms with van der Waals surface area (Å²) in [6.07, 6.45) is 2.48. The van der Waals surface area contributed by atoms with E-state index in [0.29, 0.717) is 6.42 Å². The van der Waals surface area contributed by atoms with E-state index in [9.17, 15) is 9.59 Å². The zero-order chi connectivity index (χ0) is 15.3. The van der Waals surface area contributed by atoms with E-state index in [-0.39, 0.29) is 29.4 Å². The Labute approximate surface area is 122 Å². The Kier molecular flexibility index (Phi) is 5.99. The van der Waals surface area contributed by atoms with Crippen molar-refractivity contribution in [2.75, 3.05) is 20.2 Å². The molecule has 0 spiro atoms. The van der Waals surface area contributed by atoms with Crippen LogP contribution in [0.15, 0.2) is 0 Å². The molecule has 5 heteroatoms. The Balaban J connectivity index is 2.46. The molecule has 1 fully saturated rings. The van der Waals surface area contributed by atoms with Gasteiger partial charge in [0.25, 0.3) is 0 Å². The van der Waals surface area contributed by atoms with Crippen molar-refractivity contribution in [3.8, 4) is 0 Å². The van der Waals surface area contributed by atoms with Crippen LogP contribution in [0.2, 0.25) is 0 Å². The van der Waals surface area contributed by atoms with Crippen LogP contribution in [0.1, 0.15) is 47.0 Å². The largest absolute Gasteiger partial charge is 0.468 e. The van der Waals surface area contributed by atoms with Crippen LogP contribution in [-0.2, 0) is 14.3 Å². The normalized spacial score (nSPS) is 18.8. The topological polar surface area (TPSA) is 58.6 Å². The van der Waals surface area contributed by atoms with Crippen molar-refractivity contribution in [1.29, 1.82) is 0 Å². The molecule has 0 saturated carbocycles. The first kappa shape index (κ1) is 17.0.